The molecule has 1 unspecified atom stereocenters. The van der Waals surface area contributed by atoms with Gasteiger partial charge in [-0.3, -0.25) is 5.43 Å². The Bertz CT molecular complexity index is 325. The third kappa shape index (κ3) is 1.74. The van der Waals surface area contributed by atoms with Crippen molar-refractivity contribution in [3.63, 3.8) is 0 Å². The molecule has 3 N–H and O–H groups in total. The second-order valence-corrected chi connectivity index (χ2v) is 3.16. The molecular weight excluding hydrogens is 190 g/mol. The fourth-order valence-electron chi connectivity index (χ4n) is 1.16. The average molecular weight is 198 g/mol. The lowest BCUT2D eigenvalue weighted by Gasteiger charge is -2.08. The normalized spacial score (nSPS) is 21.0. The van der Waals surface area contributed by atoms with Crippen molar-refractivity contribution in [1.82, 2.24) is 16.2 Å². The van der Waals surface area contributed by atoms with Gasteiger partial charge in [-0.25, -0.2) is 10.2 Å². The Balaban J connectivity index is 2.17. The molecule has 1 heterocycles. The summed E-state index contributed by atoms with van der Waals surface area (Å²) in [5.41, 5.74) is 6.20. The zero-order valence-corrected chi connectivity index (χ0v) is 7.43. The van der Waals surface area contributed by atoms with Gasteiger partial charge in [0, 0.05) is 5.02 Å². The van der Waals surface area contributed by atoms with Crippen LogP contribution < -0.4 is 16.2 Å². The summed E-state index contributed by atoms with van der Waals surface area (Å²) in [5.74, 6) is 0. The van der Waals surface area contributed by atoms with Gasteiger partial charge in [0.25, 0.3) is 0 Å². The summed E-state index contributed by atoms with van der Waals surface area (Å²) in [7, 11) is 0. The van der Waals surface area contributed by atoms with Gasteiger partial charge in [0.15, 0.2) is 0 Å². The van der Waals surface area contributed by atoms with Crippen LogP contribution in [0.15, 0.2) is 24.3 Å². The largest absolute Gasteiger partial charge is 0.330 e. The van der Waals surface area contributed by atoms with Crippen LogP contribution in [0.5, 0.6) is 0 Å². The van der Waals surface area contributed by atoms with Crippen molar-refractivity contribution in [2.24, 2.45) is 0 Å². The summed E-state index contributed by atoms with van der Waals surface area (Å²) in [6, 6.07) is 7.05. The van der Waals surface area contributed by atoms with Gasteiger partial charge in [-0.05, 0) is 17.7 Å². The Morgan fingerprint density at radius 1 is 1.23 bits per heavy atom. The van der Waals surface area contributed by atoms with Crippen molar-refractivity contribution in [2.45, 2.75) is 6.17 Å². The number of urea groups is 1. The minimum Gasteiger partial charge on any atom is -0.316 e. The number of halogens is 1. The second-order valence-electron chi connectivity index (χ2n) is 2.73. The number of rotatable bonds is 1. The number of nitrogens with one attached hydrogen (secondary N) is 3. The molecule has 4 nitrogen and oxygen atoms in total. The second kappa shape index (κ2) is 3.24. The Hall–Kier alpha value is -1.26. The molecule has 0 aromatic heterocycles. The van der Waals surface area contributed by atoms with E-state index in [0.717, 1.165) is 5.56 Å². The van der Waals surface area contributed by atoms with Gasteiger partial charge >= 0.3 is 6.03 Å². The molecule has 1 aromatic rings. The lowest BCUT2D eigenvalue weighted by atomic mass is 10.2. The summed E-state index contributed by atoms with van der Waals surface area (Å²) in [6.07, 6.45) is -0.176. The third-order valence-electron chi connectivity index (χ3n) is 1.81. The number of amides is 2. The van der Waals surface area contributed by atoms with Crippen LogP contribution in [-0.2, 0) is 0 Å². The molecule has 0 aliphatic carbocycles. The highest BCUT2D eigenvalue weighted by atomic mass is 35.5. The maximum Gasteiger partial charge on any atom is 0.330 e. The van der Waals surface area contributed by atoms with E-state index in [2.05, 4.69) is 16.2 Å². The Kier molecular flexibility index (Phi) is 2.08. The molecule has 2 rings (SSSR count). The monoisotopic (exact) mass is 197 g/mol. The molecule has 1 fully saturated rings. The molecule has 68 valence electrons. The van der Waals surface area contributed by atoms with Gasteiger partial charge in [-0.15, -0.1) is 0 Å². The van der Waals surface area contributed by atoms with Gasteiger partial charge < -0.3 is 5.32 Å². The molecule has 1 aliphatic rings. The highest BCUT2D eigenvalue weighted by Gasteiger charge is 2.20. The first-order chi connectivity index (χ1) is 6.25. The van der Waals surface area contributed by atoms with E-state index >= 15 is 0 Å². The number of hydrazine groups is 1. The van der Waals surface area contributed by atoms with Crippen molar-refractivity contribution in [2.75, 3.05) is 0 Å². The SMILES string of the molecule is O=C1NNC(c2ccc(Cl)cc2)N1. The number of hydrogen-bond donors (Lipinski definition) is 3. The maximum atomic E-state index is 10.8. The summed E-state index contributed by atoms with van der Waals surface area (Å²) >= 11 is 5.72. The van der Waals surface area contributed by atoms with E-state index in [4.69, 9.17) is 11.6 Å². The van der Waals surface area contributed by atoms with Crippen LogP contribution in [0.4, 0.5) is 4.79 Å². The maximum absolute atomic E-state index is 10.8. The Morgan fingerprint density at radius 2 is 1.92 bits per heavy atom. The zero-order chi connectivity index (χ0) is 9.26. The summed E-state index contributed by atoms with van der Waals surface area (Å²) in [4.78, 5) is 10.8. The summed E-state index contributed by atoms with van der Waals surface area (Å²) < 4.78 is 0. The van der Waals surface area contributed by atoms with Crippen molar-refractivity contribution >= 4 is 17.6 Å². The molecule has 13 heavy (non-hydrogen) atoms. The van der Waals surface area contributed by atoms with E-state index in [9.17, 15) is 4.79 Å². The number of carbonyl (C=O) groups excluding carboxylic acids is 1. The molecule has 0 radical (unpaired) electrons. The molecule has 5 heteroatoms. The minimum absolute atomic E-state index is 0.176. The van der Waals surface area contributed by atoms with Crippen LogP contribution in [0, 0.1) is 0 Å². The molecule has 2 amide bonds. The van der Waals surface area contributed by atoms with Gasteiger partial charge in [-0.2, -0.15) is 0 Å². The average Bonchev–Trinajstić information content (AvgIpc) is 2.53. The predicted octanol–water partition coefficient (Wildman–Crippen LogP) is 1.16. The fraction of sp³-hybridized carbons (Fsp3) is 0.125. The van der Waals surface area contributed by atoms with E-state index in [0.29, 0.717) is 5.02 Å². The first-order valence-corrected chi connectivity index (χ1v) is 4.21. The van der Waals surface area contributed by atoms with Gasteiger partial charge in [0.05, 0.1) is 0 Å². The number of carbonyl (C=O) groups is 1. The highest BCUT2D eigenvalue weighted by Crippen LogP contribution is 2.15. The zero-order valence-electron chi connectivity index (χ0n) is 6.67. The topological polar surface area (TPSA) is 53.2 Å². The molecular formula is C8H8ClN3O. The molecule has 0 spiro atoms. The van der Waals surface area contributed by atoms with E-state index < -0.39 is 0 Å². The summed E-state index contributed by atoms with van der Waals surface area (Å²) in [5, 5.41) is 3.37. The van der Waals surface area contributed by atoms with Crippen LogP contribution >= 0.6 is 11.6 Å². The predicted molar refractivity (Wildman–Crippen MR) is 49.0 cm³/mol. The van der Waals surface area contributed by atoms with Crippen molar-refractivity contribution in [3.8, 4) is 0 Å². The van der Waals surface area contributed by atoms with Gasteiger partial charge in [0.2, 0.25) is 0 Å². The van der Waals surface area contributed by atoms with Crippen molar-refractivity contribution < 1.29 is 4.79 Å². The molecule has 1 aliphatic heterocycles. The lowest BCUT2D eigenvalue weighted by molar-refractivity contribution is 0.247. The smallest absolute Gasteiger partial charge is 0.316 e. The molecule has 1 saturated heterocycles. The van der Waals surface area contributed by atoms with Crippen LogP contribution in [0.3, 0.4) is 0 Å². The minimum atomic E-state index is -0.222. The van der Waals surface area contributed by atoms with Crippen LogP contribution in [0.1, 0.15) is 11.7 Å². The Morgan fingerprint density at radius 3 is 2.46 bits per heavy atom. The fourth-order valence-corrected chi connectivity index (χ4v) is 1.29. The standard InChI is InChI=1S/C8H8ClN3O/c9-6-3-1-5(2-4-6)7-10-8(13)12-11-7/h1-4,7,11H,(H2,10,12,13). The van der Waals surface area contributed by atoms with Crippen molar-refractivity contribution in [3.05, 3.63) is 34.9 Å². The first kappa shape index (κ1) is 8.34. The van der Waals surface area contributed by atoms with Crippen LogP contribution in [-0.4, -0.2) is 6.03 Å². The first-order valence-electron chi connectivity index (χ1n) is 3.83. The van der Waals surface area contributed by atoms with Gasteiger partial charge in [0.1, 0.15) is 6.17 Å². The number of hydrogen-bond acceptors (Lipinski definition) is 2. The molecule has 1 aromatic carbocycles. The van der Waals surface area contributed by atoms with Gasteiger partial charge in [-0.1, -0.05) is 23.7 Å². The van der Waals surface area contributed by atoms with Crippen LogP contribution in [0.2, 0.25) is 5.02 Å². The van der Waals surface area contributed by atoms with E-state index in [1.165, 1.54) is 0 Å². The summed E-state index contributed by atoms with van der Waals surface area (Å²) in [6.45, 7) is 0. The quantitative estimate of drug-likeness (QED) is 0.633. The Labute approximate surface area is 80.2 Å². The number of benzene rings is 1. The van der Waals surface area contributed by atoms with Crippen molar-refractivity contribution in [1.29, 1.82) is 0 Å². The van der Waals surface area contributed by atoms with E-state index in [1.54, 1.807) is 12.1 Å². The lowest BCUT2D eigenvalue weighted by Crippen LogP contribution is -2.26. The molecule has 0 saturated carbocycles. The highest BCUT2D eigenvalue weighted by molar-refractivity contribution is 6.30. The van der Waals surface area contributed by atoms with E-state index in [-0.39, 0.29) is 12.2 Å². The molecule has 0 bridgehead atoms. The van der Waals surface area contributed by atoms with Crippen LogP contribution in [0.25, 0.3) is 0 Å². The molecule has 1 atom stereocenters. The third-order valence-corrected chi connectivity index (χ3v) is 2.06. The van der Waals surface area contributed by atoms with E-state index in [1.807, 2.05) is 12.1 Å².